The summed E-state index contributed by atoms with van der Waals surface area (Å²) in [5.74, 6) is -0.0538. The molecule has 1 aliphatic rings. The second kappa shape index (κ2) is 3.91. The number of allylic oxidation sites excluding steroid dienone is 1. The minimum atomic E-state index is -0.848. The largest absolute Gasteiger partial charge is 0.389 e. The van der Waals surface area contributed by atoms with Gasteiger partial charge in [0.05, 0.1) is 5.56 Å². The number of nitrogen functional groups attached to an aromatic ring is 1. The van der Waals surface area contributed by atoms with Gasteiger partial charge in [-0.05, 0) is 18.9 Å². The van der Waals surface area contributed by atoms with Gasteiger partial charge in [0.15, 0.2) is 0 Å². The number of thiophene rings is 1. The molecule has 0 amide bonds. The first kappa shape index (κ1) is 11.2. The summed E-state index contributed by atoms with van der Waals surface area (Å²) in [5, 5.41) is 9.59. The van der Waals surface area contributed by atoms with Gasteiger partial charge in [0.2, 0.25) is 0 Å². The maximum atomic E-state index is 13.6. The van der Waals surface area contributed by atoms with Gasteiger partial charge in [0.1, 0.15) is 17.2 Å². The van der Waals surface area contributed by atoms with Gasteiger partial charge in [-0.15, -0.1) is 11.3 Å². The molecule has 16 heavy (non-hydrogen) atoms. The lowest BCUT2D eigenvalue weighted by Gasteiger charge is -2.25. The molecule has 2 unspecified atom stereocenters. The van der Waals surface area contributed by atoms with E-state index in [1.54, 1.807) is 0 Å². The zero-order chi connectivity index (χ0) is 11.9. The number of halogens is 1. The summed E-state index contributed by atoms with van der Waals surface area (Å²) in [6.45, 7) is 5.76. The van der Waals surface area contributed by atoms with E-state index in [2.05, 4.69) is 12.6 Å². The van der Waals surface area contributed by atoms with Crippen molar-refractivity contribution >= 4 is 16.3 Å². The zero-order valence-electron chi connectivity index (χ0n) is 9.09. The third-order valence-corrected chi connectivity index (χ3v) is 4.06. The number of nitriles is 1. The summed E-state index contributed by atoms with van der Waals surface area (Å²) in [6, 6.07) is 2.12. The van der Waals surface area contributed by atoms with Crippen LogP contribution in [0.2, 0.25) is 0 Å². The van der Waals surface area contributed by atoms with E-state index in [4.69, 9.17) is 11.0 Å². The topological polar surface area (TPSA) is 49.8 Å². The number of alkyl halides is 1. The number of fused-ring (bicyclic) bond motifs is 1. The number of anilines is 1. The van der Waals surface area contributed by atoms with Gasteiger partial charge in [-0.3, -0.25) is 0 Å². The molecule has 1 aromatic rings. The number of rotatable bonds is 1. The molecule has 0 saturated heterocycles. The first-order valence-electron chi connectivity index (χ1n) is 5.15. The first-order chi connectivity index (χ1) is 7.54. The van der Waals surface area contributed by atoms with E-state index in [0.29, 0.717) is 23.4 Å². The lowest BCUT2D eigenvalue weighted by molar-refractivity contribution is 0.290. The fourth-order valence-corrected chi connectivity index (χ4v) is 3.39. The molecule has 0 aromatic carbocycles. The van der Waals surface area contributed by atoms with Crippen LogP contribution in [0.3, 0.4) is 0 Å². The van der Waals surface area contributed by atoms with Crippen LogP contribution in [-0.2, 0) is 6.42 Å². The highest BCUT2D eigenvalue weighted by Crippen LogP contribution is 2.45. The number of nitrogens with two attached hydrogens (primary N) is 1. The Morgan fingerprint density at radius 1 is 1.69 bits per heavy atom. The molecule has 0 fully saturated rings. The molecule has 0 saturated carbocycles. The lowest BCUT2D eigenvalue weighted by atomic mass is 9.80. The van der Waals surface area contributed by atoms with Crippen LogP contribution in [0.15, 0.2) is 12.2 Å². The first-order valence-corrected chi connectivity index (χ1v) is 5.96. The molecule has 1 aromatic heterocycles. The van der Waals surface area contributed by atoms with Gasteiger partial charge in [-0.1, -0.05) is 12.2 Å². The molecule has 1 aliphatic carbocycles. The summed E-state index contributed by atoms with van der Waals surface area (Å²) in [5.41, 5.74) is 8.13. The van der Waals surface area contributed by atoms with E-state index in [1.165, 1.54) is 11.3 Å². The molecule has 2 nitrogen and oxygen atoms in total. The minimum Gasteiger partial charge on any atom is -0.389 e. The molecule has 0 bridgehead atoms. The van der Waals surface area contributed by atoms with Crippen LogP contribution in [0.4, 0.5) is 9.39 Å². The van der Waals surface area contributed by atoms with Crippen molar-refractivity contribution in [1.82, 2.24) is 0 Å². The zero-order valence-corrected chi connectivity index (χ0v) is 9.90. The van der Waals surface area contributed by atoms with Gasteiger partial charge >= 0.3 is 0 Å². The second-order valence-corrected chi connectivity index (χ2v) is 5.36. The fourth-order valence-electron chi connectivity index (χ4n) is 2.25. The Labute approximate surface area is 98.2 Å². The molecular formula is C12H13FN2S. The van der Waals surface area contributed by atoms with Crippen LogP contribution in [0.5, 0.6) is 0 Å². The van der Waals surface area contributed by atoms with Crippen molar-refractivity contribution in [2.24, 2.45) is 0 Å². The Hall–Kier alpha value is -1.34. The molecule has 2 atom stereocenters. The molecule has 0 radical (unpaired) electrons. The van der Waals surface area contributed by atoms with Gasteiger partial charge < -0.3 is 5.73 Å². The minimum absolute atomic E-state index is 0.0538. The molecule has 1 heterocycles. The second-order valence-electron chi connectivity index (χ2n) is 4.23. The van der Waals surface area contributed by atoms with E-state index in [1.807, 2.05) is 6.92 Å². The standard InChI is InChI=1S/C12H13FN2S/c1-6(2)8-3-7(13)4-10-11(8)9(5-14)12(15)16-10/h7-8H,1,3-4,15H2,2H3. The van der Waals surface area contributed by atoms with Crippen molar-refractivity contribution < 1.29 is 4.39 Å². The average molecular weight is 236 g/mol. The Morgan fingerprint density at radius 2 is 2.38 bits per heavy atom. The Kier molecular flexibility index (Phi) is 2.73. The smallest absolute Gasteiger partial charge is 0.106 e. The third kappa shape index (κ3) is 1.61. The van der Waals surface area contributed by atoms with Gasteiger partial charge in [0.25, 0.3) is 0 Å². The van der Waals surface area contributed by atoms with Crippen molar-refractivity contribution in [3.63, 3.8) is 0 Å². The van der Waals surface area contributed by atoms with Gasteiger partial charge in [-0.25, -0.2) is 4.39 Å². The number of nitrogens with zero attached hydrogens (tertiary/aromatic N) is 1. The molecule has 2 N–H and O–H groups in total. The van der Waals surface area contributed by atoms with E-state index >= 15 is 0 Å². The Balaban J connectivity index is 2.59. The summed E-state index contributed by atoms with van der Waals surface area (Å²) >= 11 is 1.34. The lowest BCUT2D eigenvalue weighted by Crippen LogP contribution is -2.19. The summed E-state index contributed by atoms with van der Waals surface area (Å²) in [6.07, 6.45) is -0.0400. The van der Waals surface area contributed by atoms with Gasteiger partial charge in [0, 0.05) is 17.2 Å². The van der Waals surface area contributed by atoms with E-state index in [-0.39, 0.29) is 5.92 Å². The number of hydrogen-bond acceptors (Lipinski definition) is 3. The van der Waals surface area contributed by atoms with Crippen molar-refractivity contribution in [2.75, 3.05) is 5.73 Å². The van der Waals surface area contributed by atoms with E-state index < -0.39 is 6.17 Å². The van der Waals surface area contributed by atoms with Crippen LogP contribution in [0.25, 0.3) is 0 Å². The molecule has 0 aliphatic heterocycles. The molecule has 4 heteroatoms. The quantitative estimate of drug-likeness (QED) is 0.761. The van der Waals surface area contributed by atoms with Crippen LogP contribution in [-0.4, -0.2) is 6.17 Å². The molecular weight excluding hydrogens is 223 g/mol. The van der Waals surface area contributed by atoms with Crippen LogP contribution in [0, 0.1) is 11.3 Å². The molecule has 2 rings (SSSR count). The SMILES string of the molecule is C=C(C)C1CC(F)Cc2sc(N)c(C#N)c21. The Bertz CT molecular complexity index is 484. The van der Waals surface area contributed by atoms with Crippen LogP contribution in [0.1, 0.15) is 35.3 Å². The maximum absolute atomic E-state index is 13.6. The van der Waals surface area contributed by atoms with Crippen molar-refractivity contribution in [2.45, 2.75) is 31.9 Å². The highest BCUT2D eigenvalue weighted by Gasteiger charge is 2.32. The van der Waals surface area contributed by atoms with Crippen molar-refractivity contribution in [3.05, 3.63) is 28.2 Å². The van der Waals surface area contributed by atoms with E-state index in [0.717, 1.165) is 16.0 Å². The molecule has 84 valence electrons. The van der Waals surface area contributed by atoms with Crippen molar-refractivity contribution in [3.8, 4) is 6.07 Å². The summed E-state index contributed by atoms with van der Waals surface area (Å²) in [4.78, 5) is 0.917. The van der Waals surface area contributed by atoms with Gasteiger partial charge in [-0.2, -0.15) is 5.26 Å². The van der Waals surface area contributed by atoms with Crippen molar-refractivity contribution in [1.29, 1.82) is 5.26 Å². The molecule has 0 spiro atoms. The highest BCUT2D eigenvalue weighted by atomic mass is 32.1. The monoisotopic (exact) mass is 236 g/mol. The predicted octanol–water partition coefficient (Wildman–Crippen LogP) is 3.15. The predicted molar refractivity (Wildman–Crippen MR) is 64.2 cm³/mol. The summed E-state index contributed by atoms with van der Waals surface area (Å²) in [7, 11) is 0. The fraction of sp³-hybridized carbons (Fsp3) is 0.417. The Morgan fingerprint density at radius 3 is 2.94 bits per heavy atom. The average Bonchev–Trinajstić information content (AvgIpc) is 2.51. The normalized spacial score (nSPS) is 23.6. The highest BCUT2D eigenvalue weighted by molar-refractivity contribution is 7.16. The third-order valence-electron chi connectivity index (χ3n) is 3.00. The van der Waals surface area contributed by atoms with E-state index in [9.17, 15) is 4.39 Å². The maximum Gasteiger partial charge on any atom is 0.106 e. The number of hydrogen-bond donors (Lipinski definition) is 1. The van der Waals surface area contributed by atoms with Crippen LogP contribution >= 0.6 is 11.3 Å². The van der Waals surface area contributed by atoms with Crippen LogP contribution < -0.4 is 5.73 Å². The summed E-state index contributed by atoms with van der Waals surface area (Å²) < 4.78 is 13.6.